The van der Waals surface area contributed by atoms with Crippen molar-refractivity contribution < 1.29 is 40.3 Å². The number of ketones is 2. The van der Waals surface area contributed by atoms with E-state index in [2.05, 4.69) is 0 Å². The van der Waals surface area contributed by atoms with E-state index < -0.39 is 58.0 Å². The summed E-state index contributed by atoms with van der Waals surface area (Å²) >= 11 is 0. The van der Waals surface area contributed by atoms with Crippen molar-refractivity contribution in [2.75, 3.05) is 14.1 Å². The Hall–Kier alpha value is -3.99. The molecule has 2 aromatic carbocycles. The van der Waals surface area contributed by atoms with Crippen molar-refractivity contribution in [2.45, 2.75) is 37.8 Å². The minimum atomic E-state index is -2.66. The zero-order valence-corrected chi connectivity index (χ0v) is 22.0. The summed E-state index contributed by atoms with van der Waals surface area (Å²) in [5.41, 5.74) is 4.61. The maximum absolute atomic E-state index is 14.0. The molecule has 0 spiro atoms. The number of rotatable bonds is 3. The Bertz CT molecular complexity index is 1470. The first kappa shape index (κ1) is 28.0. The Morgan fingerprint density at radius 2 is 1.67 bits per heavy atom. The summed E-state index contributed by atoms with van der Waals surface area (Å²) in [6.07, 6.45) is 0.0490. The van der Waals surface area contributed by atoms with E-state index in [1.54, 1.807) is 26.2 Å². The van der Waals surface area contributed by atoms with Gasteiger partial charge in [-0.1, -0.05) is 48.9 Å². The van der Waals surface area contributed by atoms with E-state index in [0.717, 1.165) is 5.56 Å². The number of carbonyl (C=O) groups excluding carboxylic acids is 3. The van der Waals surface area contributed by atoms with Gasteiger partial charge < -0.3 is 31.6 Å². The summed E-state index contributed by atoms with van der Waals surface area (Å²) in [7, 11) is 3.14. The average molecular weight is 537 g/mol. The topological polar surface area (TPSA) is 193 Å². The fourth-order valence-electron chi connectivity index (χ4n) is 6.50. The third-order valence-electron chi connectivity index (χ3n) is 8.46. The number of phenolic OH excluding ortho intramolecular Hbond substituents is 1. The molecule has 2 aromatic rings. The maximum atomic E-state index is 14.0. The normalized spacial score (nSPS) is 28.1. The summed E-state index contributed by atoms with van der Waals surface area (Å²) in [6, 6.07) is 9.90. The van der Waals surface area contributed by atoms with Gasteiger partial charge in [0.2, 0.25) is 5.78 Å². The summed E-state index contributed by atoms with van der Waals surface area (Å²) in [5, 5.41) is 45.5. The lowest BCUT2D eigenvalue weighted by atomic mass is 9.55. The predicted molar refractivity (Wildman–Crippen MR) is 143 cm³/mol. The maximum Gasteiger partial charge on any atom is 0.255 e. The number of phenols is 1. The molecule has 5 atom stereocenters. The number of nitrogens with zero attached hydrogens (tertiary/aromatic N) is 1. The molecule has 0 saturated heterocycles. The van der Waals surface area contributed by atoms with E-state index in [-0.39, 0.29) is 34.7 Å². The zero-order valence-electron chi connectivity index (χ0n) is 22.0. The van der Waals surface area contributed by atoms with Crippen molar-refractivity contribution in [1.29, 1.82) is 0 Å². The highest BCUT2D eigenvalue weighted by molar-refractivity contribution is 6.24. The van der Waals surface area contributed by atoms with E-state index in [9.17, 15) is 34.8 Å². The van der Waals surface area contributed by atoms with Crippen LogP contribution in [-0.2, 0) is 14.4 Å². The highest BCUT2D eigenvalue weighted by atomic mass is 16.3. The van der Waals surface area contributed by atoms with Gasteiger partial charge in [0.05, 0.1) is 11.6 Å². The number of aliphatic hydroxyl groups is 3. The van der Waals surface area contributed by atoms with Gasteiger partial charge in [-0.25, -0.2) is 0 Å². The van der Waals surface area contributed by atoms with Crippen molar-refractivity contribution in [3.63, 3.8) is 0 Å². The molecule has 10 heteroatoms. The first-order valence-corrected chi connectivity index (χ1v) is 12.4. The predicted octanol–water partition coefficient (Wildman–Crippen LogP) is 1.68. The summed E-state index contributed by atoms with van der Waals surface area (Å²) in [4.78, 5) is 40.8. The molecule has 1 fully saturated rings. The van der Waals surface area contributed by atoms with Crippen LogP contribution in [0.3, 0.4) is 0 Å². The number of benzene rings is 2. The van der Waals surface area contributed by atoms with E-state index in [1.807, 2.05) is 38.1 Å². The molecule has 10 nitrogen and oxygen atoms in total. The standard InChI is InChI=1S/C29H30N2O7.H2O/c1-12-5-7-14(8-6-12)16-10-9-15-13(2)17-11-18-22(31(3)4)25(34)21(28(30)37)27(36)29(18,38)26(35)20(17)24(33)19(15)23(16)32;/h5-10,13,17-18,22,32-33,36,38H,11H2,1-4H3,(H2,30,37);1H2/t13-,17+,18-,22-,29-;/m0./s1. The Labute approximate surface area is 225 Å². The molecule has 0 aromatic heterocycles. The number of Topliss-reactive ketones (excluding diaryl/α,β-unsaturated/α-hetero) is 2. The van der Waals surface area contributed by atoms with Crippen molar-refractivity contribution in [3.05, 3.63) is 70.0 Å². The van der Waals surface area contributed by atoms with Crippen LogP contribution in [0, 0.1) is 18.8 Å². The first-order valence-electron chi connectivity index (χ1n) is 12.4. The molecular weight excluding hydrogens is 504 g/mol. The summed E-state index contributed by atoms with van der Waals surface area (Å²) < 4.78 is 0. The molecule has 1 saturated carbocycles. The van der Waals surface area contributed by atoms with Gasteiger partial charge in [-0.15, -0.1) is 0 Å². The number of primary amides is 1. The number of aliphatic hydroxyl groups excluding tert-OH is 2. The van der Waals surface area contributed by atoms with Crippen LogP contribution in [0.4, 0.5) is 0 Å². The Kier molecular flexibility index (Phi) is 6.71. The van der Waals surface area contributed by atoms with Gasteiger partial charge in [0.15, 0.2) is 11.4 Å². The third-order valence-corrected chi connectivity index (χ3v) is 8.46. The molecule has 5 rings (SSSR count). The second-order valence-corrected chi connectivity index (χ2v) is 10.7. The molecule has 0 heterocycles. The second-order valence-electron chi connectivity index (χ2n) is 10.7. The molecule has 1 amide bonds. The number of hydrogen-bond acceptors (Lipinski definition) is 8. The minimum Gasteiger partial charge on any atom is -0.508 e. The molecule has 0 unspecified atom stereocenters. The number of fused-ring (bicyclic) bond motifs is 3. The highest BCUT2D eigenvalue weighted by Crippen LogP contribution is 2.56. The van der Waals surface area contributed by atoms with Crippen LogP contribution in [0.25, 0.3) is 16.9 Å². The van der Waals surface area contributed by atoms with Crippen molar-refractivity contribution >= 4 is 23.2 Å². The number of aromatic hydroxyl groups is 1. The molecule has 0 radical (unpaired) electrons. The van der Waals surface area contributed by atoms with Crippen LogP contribution in [0.2, 0.25) is 0 Å². The number of nitrogens with two attached hydrogens (primary N) is 1. The molecule has 206 valence electrons. The fourth-order valence-corrected chi connectivity index (χ4v) is 6.50. The SMILES string of the molecule is Cc1ccc(-c2ccc3c(c2O)C(O)=C2C(=O)[C@]4(O)C(O)=C(C(N)=O)C(=O)[C@@H](N(C)C)[C@@H]4C[C@@H]2[C@H]3C)cc1.O. The van der Waals surface area contributed by atoms with Crippen molar-refractivity contribution in [2.24, 2.45) is 17.6 Å². The van der Waals surface area contributed by atoms with E-state index in [0.29, 0.717) is 16.7 Å². The van der Waals surface area contributed by atoms with Gasteiger partial charge in [-0.05, 0) is 50.4 Å². The van der Waals surface area contributed by atoms with E-state index in [1.165, 1.54) is 4.90 Å². The molecule has 0 aliphatic heterocycles. The monoisotopic (exact) mass is 536 g/mol. The van der Waals surface area contributed by atoms with Gasteiger partial charge >= 0.3 is 0 Å². The van der Waals surface area contributed by atoms with Crippen LogP contribution >= 0.6 is 0 Å². The van der Waals surface area contributed by atoms with Gasteiger partial charge in [0, 0.05) is 17.1 Å². The minimum absolute atomic E-state index is 0. The zero-order chi connectivity index (χ0) is 27.8. The molecule has 39 heavy (non-hydrogen) atoms. The van der Waals surface area contributed by atoms with Gasteiger partial charge in [-0.2, -0.15) is 0 Å². The van der Waals surface area contributed by atoms with E-state index in [4.69, 9.17) is 5.73 Å². The number of likely N-dealkylation sites (N-methyl/N-ethyl adjacent to an activating group) is 1. The fraction of sp³-hybridized carbons (Fsp3) is 0.345. The van der Waals surface area contributed by atoms with Crippen LogP contribution in [0.5, 0.6) is 5.75 Å². The summed E-state index contributed by atoms with van der Waals surface area (Å²) in [6.45, 7) is 3.78. The average Bonchev–Trinajstić information content (AvgIpc) is 2.84. The number of hydrogen-bond donors (Lipinski definition) is 5. The van der Waals surface area contributed by atoms with Crippen molar-refractivity contribution in [3.8, 4) is 16.9 Å². The van der Waals surface area contributed by atoms with Gasteiger partial charge in [0.1, 0.15) is 22.8 Å². The number of amides is 1. The van der Waals surface area contributed by atoms with Crippen LogP contribution in [0.1, 0.15) is 36.0 Å². The third kappa shape index (κ3) is 3.70. The van der Waals surface area contributed by atoms with E-state index >= 15 is 0 Å². The molecule has 3 aliphatic rings. The second kappa shape index (κ2) is 9.33. The summed E-state index contributed by atoms with van der Waals surface area (Å²) in [5.74, 6) is -6.99. The lowest BCUT2D eigenvalue weighted by molar-refractivity contribution is -0.154. The van der Waals surface area contributed by atoms with Crippen LogP contribution < -0.4 is 5.73 Å². The molecule has 0 bridgehead atoms. The Morgan fingerprint density at radius 3 is 2.23 bits per heavy atom. The number of aryl methyl sites for hydroxylation is 1. The first-order chi connectivity index (χ1) is 17.8. The van der Waals surface area contributed by atoms with Gasteiger partial charge in [-0.3, -0.25) is 19.3 Å². The molecule has 3 aliphatic carbocycles. The van der Waals surface area contributed by atoms with Gasteiger partial charge in [0.25, 0.3) is 5.91 Å². The Morgan fingerprint density at radius 1 is 1.05 bits per heavy atom. The quantitative estimate of drug-likeness (QED) is 0.366. The highest BCUT2D eigenvalue weighted by Gasteiger charge is 2.64. The van der Waals surface area contributed by atoms with Crippen molar-refractivity contribution in [1.82, 2.24) is 4.90 Å². The molecular formula is C29H32N2O8. The lowest BCUT2D eigenvalue weighted by Crippen LogP contribution is -2.65. The number of carbonyl (C=O) groups is 3. The van der Waals surface area contributed by atoms with Crippen LogP contribution in [0.15, 0.2) is 53.3 Å². The Balaban J connectivity index is 0.00000353. The molecule has 8 N–H and O–H groups in total. The lowest BCUT2D eigenvalue weighted by Gasteiger charge is -2.51. The largest absolute Gasteiger partial charge is 0.508 e. The smallest absolute Gasteiger partial charge is 0.255 e. The van der Waals surface area contributed by atoms with Crippen LogP contribution in [-0.4, -0.2) is 74.0 Å².